The van der Waals surface area contributed by atoms with E-state index in [1.165, 1.54) is 17.8 Å². The standard InChI is InChI=1S/C14H16FN3O2S/c1-10-2-3-11(8-12(10)15)14(20)18-6-5-17-13(19)9-21-7-4-16/h2-3,8H,5-7,9H2,1H3,(H,17,19)(H,18,20). The van der Waals surface area contributed by atoms with E-state index in [2.05, 4.69) is 10.6 Å². The van der Waals surface area contributed by atoms with Crippen molar-refractivity contribution in [3.63, 3.8) is 0 Å². The van der Waals surface area contributed by atoms with Gasteiger partial charge in [-0.05, 0) is 24.6 Å². The van der Waals surface area contributed by atoms with E-state index in [4.69, 9.17) is 5.26 Å². The Bertz CT molecular complexity index is 558. The van der Waals surface area contributed by atoms with Crippen LogP contribution < -0.4 is 10.6 Å². The lowest BCUT2D eigenvalue weighted by molar-refractivity contribution is -0.118. The fourth-order valence-corrected chi connectivity index (χ4v) is 1.94. The highest BCUT2D eigenvalue weighted by Crippen LogP contribution is 2.08. The third kappa shape index (κ3) is 6.27. The van der Waals surface area contributed by atoms with Crippen LogP contribution in [0.5, 0.6) is 0 Å². The zero-order valence-corrected chi connectivity index (χ0v) is 12.4. The number of aryl methyl sites for hydroxylation is 1. The first kappa shape index (κ1) is 17.0. The van der Waals surface area contributed by atoms with Gasteiger partial charge in [-0.2, -0.15) is 5.26 Å². The van der Waals surface area contributed by atoms with Crippen molar-refractivity contribution in [2.75, 3.05) is 24.6 Å². The first-order valence-corrected chi connectivity index (χ1v) is 7.46. The molecule has 0 spiro atoms. The number of thioether (sulfide) groups is 1. The molecule has 112 valence electrons. The molecule has 0 radical (unpaired) electrons. The lowest BCUT2D eigenvalue weighted by Crippen LogP contribution is -2.35. The molecule has 0 saturated heterocycles. The van der Waals surface area contributed by atoms with Crippen molar-refractivity contribution in [2.45, 2.75) is 6.92 Å². The molecule has 1 aromatic rings. The van der Waals surface area contributed by atoms with Gasteiger partial charge in [0.25, 0.3) is 5.91 Å². The fourth-order valence-electron chi connectivity index (χ4n) is 1.45. The average Bonchev–Trinajstić information content (AvgIpc) is 2.46. The lowest BCUT2D eigenvalue weighted by atomic mass is 10.1. The topological polar surface area (TPSA) is 82.0 Å². The van der Waals surface area contributed by atoms with Gasteiger partial charge in [-0.1, -0.05) is 6.07 Å². The molecule has 0 unspecified atom stereocenters. The van der Waals surface area contributed by atoms with E-state index >= 15 is 0 Å². The van der Waals surface area contributed by atoms with Crippen LogP contribution in [-0.4, -0.2) is 36.4 Å². The molecular weight excluding hydrogens is 293 g/mol. The molecule has 7 heteroatoms. The predicted molar refractivity (Wildman–Crippen MR) is 79.4 cm³/mol. The Morgan fingerprint density at radius 1 is 1.33 bits per heavy atom. The van der Waals surface area contributed by atoms with Gasteiger partial charge in [-0.3, -0.25) is 9.59 Å². The van der Waals surface area contributed by atoms with Crippen molar-refractivity contribution in [1.82, 2.24) is 10.6 Å². The Morgan fingerprint density at radius 3 is 2.71 bits per heavy atom. The van der Waals surface area contributed by atoms with Crippen LogP contribution in [-0.2, 0) is 4.79 Å². The van der Waals surface area contributed by atoms with Crippen molar-refractivity contribution in [3.05, 3.63) is 35.1 Å². The van der Waals surface area contributed by atoms with Crippen LogP contribution in [0.2, 0.25) is 0 Å². The van der Waals surface area contributed by atoms with Crippen LogP contribution >= 0.6 is 11.8 Å². The summed E-state index contributed by atoms with van der Waals surface area (Å²) in [6.07, 6.45) is 0. The molecule has 0 fully saturated rings. The summed E-state index contributed by atoms with van der Waals surface area (Å²) in [5.41, 5.74) is 0.725. The molecule has 2 N–H and O–H groups in total. The molecular formula is C14H16FN3O2S. The van der Waals surface area contributed by atoms with Gasteiger partial charge in [0, 0.05) is 18.7 Å². The molecule has 1 rings (SSSR count). The summed E-state index contributed by atoms with van der Waals surface area (Å²) in [4.78, 5) is 23.0. The molecule has 0 aliphatic carbocycles. The van der Waals surface area contributed by atoms with E-state index in [9.17, 15) is 14.0 Å². The summed E-state index contributed by atoms with van der Waals surface area (Å²) >= 11 is 1.22. The van der Waals surface area contributed by atoms with Crippen LogP contribution in [0, 0.1) is 24.1 Å². The van der Waals surface area contributed by atoms with E-state index in [1.54, 1.807) is 19.1 Å². The molecule has 0 aliphatic heterocycles. The van der Waals surface area contributed by atoms with E-state index < -0.39 is 5.82 Å². The second-order valence-electron chi connectivity index (χ2n) is 4.22. The molecule has 0 aromatic heterocycles. The van der Waals surface area contributed by atoms with E-state index in [-0.39, 0.29) is 42.0 Å². The third-order valence-electron chi connectivity index (χ3n) is 2.57. The molecule has 5 nitrogen and oxygen atoms in total. The number of rotatable bonds is 7. The molecule has 0 heterocycles. The Labute approximate surface area is 126 Å². The number of benzene rings is 1. The maximum atomic E-state index is 13.3. The van der Waals surface area contributed by atoms with Crippen LogP contribution in [0.15, 0.2) is 18.2 Å². The zero-order valence-electron chi connectivity index (χ0n) is 11.6. The fraction of sp³-hybridized carbons (Fsp3) is 0.357. The number of halogens is 1. The van der Waals surface area contributed by atoms with Gasteiger partial charge in [-0.25, -0.2) is 4.39 Å². The number of amides is 2. The highest BCUT2D eigenvalue weighted by Gasteiger charge is 2.07. The maximum Gasteiger partial charge on any atom is 0.251 e. The summed E-state index contributed by atoms with van der Waals surface area (Å²) in [6.45, 7) is 2.16. The van der Waals surface area contributed by atoms with Gasteiger partial charge in [0.2, 0.25) is 5.91 Å². The summed E-state index contributed by atoms with van der Waals surface area (Å²) in [6, 6.07) is 6.20. The van der Waals surface area contributed by atoms with Gasteiger partial charge in [0.15, 0.2) is 0 Å². The smallest absolute Gasteiger partial charge is 0.251 e. The Balaban J connectivity index is 2.26. The van der Waals surface area contributed by atoms with E-state index in [1.807, 2.05) is 6.07 Å². The van der Waals surface area contributed by atoms with E-state index in [0.29, 0.717) is 5.56 Å². The Hall–Kier alpha value is -2.07. The van der Waals surface area contributed by atoms with E-state index in [0.717, 1.165) is 0 Å². The van der Waals surface area contributed by atoms with Gasteiger partial charge >= 0.3 is 0 Å². The molecule has 21 heavy (non-hydrogen) atoms. The van der Waals surface area contributed by atoms with Crippen molar-refractivity contribution in [1.29, 1.82) is 5.26 Å². The SMILES string of the molecule is Cc1ccc(C(=O)NCCNC(=O)CSCC#N)cc1F. The van der Waals surface area contributed by atoms with Gasteiger partial charge in [0.1, 0.15) is 5.82 Å². The number of carbonyl (C=O) groups excluding carboxylic acids is 2. The van der Waals surface area contributed by atoms with Gasteiger partial charge < -0.3 is 10.6 Å². The summed E-state index contributed by atoms with van der Waals surface area (Å²) in [5.74, 6) is -0.522. The molecule has 0 bridgehead atoms. The van der Waals surface area contributed by atoms with Crippen molar-refractivity contribution < 1.29 is 14.0 Å². The molecule has 1 aromatic carbocycles. The van der Waals surface area contributed by atoms with Crippen LogP contribution in [0.4, 0.5) is 4.39 Å². The minimum absolute atomic E-state index is 0.189. The number of nitriles is 1. The quantitative estimate of drug-likeness (QED) is 0.742. The monoisotopic (exact) mass is 309 g/mol. The summed E-state index contributed by atoms with van der Waals surface area (Å²) < 4.78 is 13.3. The molecule has 2 amide bonds. The Morgan fingerprint density at radius 2 is 2.05 bits per heavy atom. The second kappa shape index (κ2) is 8.97. The average molecular weight is 309 g/mol. The van der Waals surface area contributed by atoms with Crippen LogP contribution in [0.1, 0.15) is 15.9 Å². The number of hydrogen-bond acceptors (Lipinski definition) is 4. The molecule has 0 atom stereocenters. The van der Waals surface area contributed by atoms with Crippen molar-refractivity contribution in [3.8, 4) is 6.07 Å². The predicted octanol–water partition coefficient (Wildman–Crippen LogP) is 1.24. The third-order valence-corrected chi connectivity index (χ3v) is 3.37. The first-order chi connectivity index (χ1) is 10.0. The highest BCUT2D eigenvalue weighted by atomic mass is 32.2. The largest absolute Gasteiger partial charge is 0.354 e. The molecule has 0 saturated carbocycles. The normalized spacial score (nSPS) is 9.76. The highest BCUT2D eigenvalue weighted by molar-refractivity contribution is 8.00. The van der Waals surface area contributed by atoms with Crippen molar-refractivity contribution in [2.24, 2.45) is 0 Å². The summed E-state index contributed by atoms with van der Waals surface area (Å²) in [7, 11) is 0. The molecule has 0 aliphatic rings. The first-order valence-electron chi connectivity index (χ1n) is 6.30. The number of nitrogens with zero attached hydrogens (tertiary/aromatic N) is 1. The van der Waals surface area contributed by atoms with Gasteiger partial charge in [0.05, 0.1) is 17.6 Å². The minimum Gasteiger partial charge on any atom is -0.354 e. The lowest BCUT2D eigenvalue weighted by Gasteiger charge is -2.07. The number of nitrogens with one attached hydrogen (secondary N) is 2. The number of hydrogen-bond donors (Lipinski definition) is 2. The number of carbonyl (C=O) groups is 2. The maximum absolute atomic E-state index is 13.3. The summed E-state index contributed by atoms with van der Waals surface area (Å²) in [5, 5.41) is 13.5. The zero-order chi connectivity index (χ0) is 15.7. The van der Waals surface area contributed by atoms with Crippen molar-refractivity contribution >= 4 is 23.6 Å². The second-order valence-corrected chi connectivity index (χ2v) is 5.21. The van der Waals surface area contributed by atoms with Crippen LogP contribution in [0.3, 0.4) is 0 Å². The Kier molecular flexibility index (Phi) is 7.26. The van der Waals surface area contributed by atoms with Crippen LogP contribution in [0.25, 0.3) is 0 Å². The van der Waals surface area contributed by atoms with Gasteiger partial charge in [-0.15, -0.1) is 11.8 Å². The minimum atomic E-state index is -0.425.